The third-order valence-electron chi connectivity index (χ3n) is 3.18. The number of nitrogens with one attached hydrogen (secondary N) is 1. The van der Waals surface area contributed by atoms with Crippen LogP contribution in [-0.4, -0.2) is 21.2 Å². The van der Waals surface area contributed by atoms with Gasteiger partial charge in [-0.3, -0.25) is 9.48 Å². The first-order chi connectivity index (χ1) is 8.89. The molecule has 1 aromatic heterocycles. The summed E-state index contributed by atoms with van der Waals surface area (Å²) in [5, 5.41) is 8.98. The molecule has 1 heterocycles. The number of carbonyl (C=O) groups excluding carboxylic acids is 1. The molecule has 5 heteroatoms. The number of amides is 1. The number of primary amides is 1. The molecule has 0 unspecified atom stereocenters. The molecule has 0 spiro atoms. The van der Waals surface area contributed by atoms with Gasteiger partial charge in [0.1, 0.15) is 0 Å². The van der Waals surface area contributed by atoms with Crippen LogP contribution in [0.3, 0.4) is 0 Å². The normalized spacial score (nSPS) is 11.9. The molecule has 0 fully saturated rings. The minimum atomic E-state index is -0.329. The smallest absolute Gasteiger partial charge is 0.219 e. The summed E-state index contributed by atoms with van der Waals surface area (Å²) in [5.74, 6) is -0.302. The number of nitrogens with zero attached hydrogens (tertiary/aromatic N) is 2. The SMILES string of the molecule is Cn1nc(CNC(C)(C)CC(N)=O)c2ccccc21. The Morgan fingerprint density at radius 3 is 2.79 bits per heavy atom. The van der Waals surface area contributed by atoms with Gasteiger partial charge in [0.25, 0.3) is 0 Å². The van der Waals surface area contributed by atoms with Gasteiger partial charge in [0, 0.05) is 30.9 Å². The Kier molecular flexibility index (Phi) is 3.57. The highest BCUT2D eigenvalue weighted by Gasteiger charge is 2.20. The zero-order valence-electron chi connectivity index (χ0n) is 11.6. The van der Waals surface area contributed by atoms with Crippen LogP contribution in [0.5, 0.6) is 0 Å². The van der Waals surface area contributed by atoms with Crippen LogP contribution in [0.1, 0.15) is 26.0 Å². The Morgan fingerprint density at radius 1 is 1.42 bits per heavy atom. The number of hydrogen-bond acceptors (Lipinski definition) is 3. The van der Waals surface area contributed by atoms with E-state index in [-0.39, 0.29) is 11.4 Å². The maximum atomic E-state index is 11.0. The van der Waals surface area contributed by atoms with Crippen molar-refractivity contribution in [3.8, 4) is 0 Å². The Morgan fingerprint density at radius 2 is 2.11 bits per heavy atom. The van der Waals surface area contributed by atoms with Gasteiger partial charge in [0.05, 0.1) is 11.2 Å². The fraction of sp³-hybridized carbons (Fsp3) is 0.429. The number of rotatable bonds is 5. The maximum absolute atomic E-state index is 11.0. The van der Waals surface area contributed by atoms with E-state index in [0.717, 1.165) is 16.6 Å². The molecule has 0 aliphatic carbocycles. The van der Waals surface area contributed by atoms with Gasteiger partial charge in [0.15, 0.2) is 0 Å². The number of fused-ring (bicyclic) bond motifs is 1. The van der Waals surface area contributed by atoms with Gasteiger partial charge in [-0.05, 0) is 19.9 Å². The summed E-state index contributed by atoms with van der Waals surface area (Å²) in [4.78, 5) is 11.0. The second kappa shape index (κ2) is 5.01. The lowest BCUT2D eigenvalue weighted by Crippen LogP contribution is -2.42. The number of aryl methyl sites for hydroxylation is 1. The Bertz CT molecular complexity index is 601. The predicted molar refractivity (Wildman–Crippen MR) is 75.4 cm³/mol. The standard InChI is InChI=1S/C14H20N4O/c1-14(2,8-13(15)19)16-9-11-10-6-4-5-7-12(10)18(3)17-11/h4-7,16H,8-9H2,1-3H3,(H2,15,19). The molecule has 0 saturated heterocycles. The van der Waals surface area contributed by atoms with Crippen molar-refractivity contribution in [2.45, 2.75) is 32.4 Å². The van der Waals surface area contributed by atoms with Gasteiger partial charge in [-0.15, -0.1) is 0 Å². The molecule has 1 amide bonds. The molecule has 0 aliphatic heterocycles. The van der Waals surface area contributed by atoms with Crippen molar-refractivity contribution in [3.05, 3.63) is 30.0 Å². The lowest BCUT2D eigenvalue weighted by atomic mass is 10.00. The van der Waals surface area contributed by atoms with Crippen LogP contribution in [0.25, 0.3) is 10.9 Å². The van der Waals surface area contributed by atoms with E-state index in [1.54, 1.807) is 0 Å². The molecule has 5 nitrogen and oxygen atoms in total. The number of aromatic nitrogens is 2. The van der Waals surface area contributed by atoms with E-state index in [1.165, 1.54) is 0 Å². The molecule has 3 N–H and O–H groups in total. The van der Waals surface area contributed by atoms with Crippen molar-refractivity contribution >= 4 is 16.8 Å². The van der Waals surface area contributed by atoms with Crippen LogP contribution in [-0.2, 0) is 18.4 Å². The zero-order valence-corrected chi connectivity index (χ0v) is 11.6. The molecule has 2 rings (SSSR count). The molecule has 19 heavy (non-hydrogen) atoms. The topological polar surface area (TPSA) is 72.9 Å². The summed E-state index contributed by atoms with van der Waals surface area (Å²) in [6.07, 6.45) is 0.303. The second-order valence-corrected chi connectivity index (χ2v) is 5.47. The van der Waals surface area contributed by atoms with E-state index in [1.807, 2.05) is 43.8 Å². The predicted octanol–water partition coefficient (Wildman–Crippen LogP) is 1.32. The van der Waals surface area contributed by atoms with Gasteiger partial charge < -0.3 is 11.1 Å². The summed E-state index contributed by atoms with van der Waals surface area (Å²) >= 11 is 0. The summed E-state index contributed by atoms with van der Waals surface area (Å²) in [5.41, 5.74) is 7.00. The van der Waals surface area contributed by atoms with E-state index in [4.69, 9.17) is 5.73 Å². The number of hydrogen-bond donors (Lipinski definition) is 2. The minimum absolute atomic E-state index is 0.302. The van der Waals surface area contributed by atoms with Crippen molar-refractivity contribution in [1.29, 1.82) is 0 Å². The van der Waals surface area contributed by atoms with Gasteiger partial charge in [-0.2, -0.15) is 5.10 Å². The minimum Gasteiger partial charge on any atom is -0.370 e. The van der Waals surface area contributed by atoms with Crippen molar-refractivity contribution < 1.29 is 4.79 Å². The summed E-state index contributed by atoms with van der Waals surface area (Å²) in [6, 6.07) is 8.10. The molecular weight excluding hydrogens is 240 g/mol. The van der Waals surface area contributed by atoms with Crippen LogP contribution in [0.2, 0.25) is 0 Å². The van der Waals surface area contributed by atoms with Gasteiger partial charge in [-0.1, -0.05) is 18.2 Å². The van der Waals surface area contributed by atoms with Gasteiger partial charge in [0.2, 0.25) is 5.91 Å². The first-order valence-electron chi connectivity index (χ1n) is 6.33. The monoisotopic (exact) mass is 260 g/mol. The van der Waals surface area contributed by atoms with Crippen LogP contribution in [0.4, 0.5) is 0 Å². The van der Waals surface area contributed by atoms with Crippen molar-refractivity contribution in [1.82, 2.24) is 15.1 Å². The number of carbonyl (C=O) groups is 1. The molecular formula is C14H20N4O. The van der Waals surface area contributed by atoms with E-state index in [9.17, 15) is 4.79 Å². The lowest BCUT2D eigenvalue weighted by molar-refractivity contribution is -0.119. The summed E-state index contributed by atoms with van der Waals surface area (Å²) < 4.78 is 1.87. The fourth-order valence-corrected chi connectivity index (χ4v) is 2.24. The van der Waals surface area contributed by atoms with E-state index >= 15 is 0 Å². The van der Waals surface area contributed by atoms with Gasteiger partial charge in [-0.25, -0.2) is 0 Å². The van der Waals surface area contributed by atoms with Crippen LogP contribution in [0, 0.1) is 0 Å². The van der Waals surface area contributed by atoms with Crippen molar-refractivity contribution in [2.24, 2.45) is 12.8 Å². The molecule has 0 radical (unpaired) electrons. The Balaban J connectivity index is 2.16. The van der Waals surface area contributed by atoms with Crippen LogP contribution < -0.4 is 11.1 Å². The summed E-state index contributed by atoms with van der Waals surface area (Å²) in [7, 11) is 1.93. The van der Waals surface area contributed by atoms with Crippen molar-refractivity contribution in [3.63, 3.8) is 0 Å². The average Bonchev–Trinajstić information content (AvgIpc) is 2.63. The Labute approximate surface area is 112 Å². The van der Waals surface area contributed by atoms with Gasteiger partial charge >= 0.3 is 0 Å². The zero-order chi connectivity index (χ0) is 14.0. The largest absolute Gasteiger partial charge is 0.370 e. The highest BCUT2D eigenvalue weighted by molar-refractivity contribution is 5.81. The number of nitrogens with two attached hydrogens (primary N) is 1. The number of para-hydroxylation sites is 1. The third kappa shape index (κ3) is 3.12. The second-order valence-electron chi connectivity index (χ2n) is 5.47. The highest BCUT2D eigenvalue weighted by Crippen LogP contribution is 2.18. The highest BCUT2D eigenvalue weighted by atomic mass is 16.1. The molecule has 2 aromatic rings. The molecule has 0 saturated carbocycles. The third-order valence-corrected chi connectivity index (χ3v) is 3.18. The molecule has 0 aliphatic rings. The summed E-state index contributed by atoms with van der Waals surface area (Å²) in [6.45, 7) is 4.54. The molecule has 0 bridgehead atoms. The van der Waals surface area contributed by atoms with Crippen molar-refractivity contribution in [2.75, 3.05) is 0 Å². The molecule has 102 valence electrons. The van der Waals surface area contributed by atoms with Crippen LogP contribution >= 0.6 is 0 Å². The molecule has 0 atom stereocenters. The number of benzene rings is 1. The average molecular weight is 260 g/mol. The molecule has 1 aromatic carbocycles. The maximum Gasteiger partial charge on any atom is 0.219 e. The first kappa shape index (κ1) is 13.5. The van der Waals surface area contributed by atoms with E-state index in [2.05, 4.69) is 16.5 Å². The van der Waals surface area contributed by atoms with Crippen LogP contribution in [0.15, 0.2) is 24.3 Å². The van der Waals surface area contributed by atoms with E-state index in [0.29, 0.717) is 13.0 Å². The quantitative estimate of drug-likeness (QED) is 0.851. The Hall–Kier alpha value is -1.88. The van der Waals surface area contributed by atoms with E-state index < -0.39 is 0 Å². The first-order valence-corrected chi connectivity index (χ1v) is 6.33. The lowest BCUT2D eigenvalue weighted by Gasteiger charge is -2.24. The fourth-order valence-electron chi connectivity index (χ4n) is 2.24.